The molecule has 0 spiro atoms. The van der Waals surface area contributed by atoms with Crippen molar-refractivity contribution in [3.8, 4) is 0 Å². The lowest BCUT2D eigenvalue weighted by Gasteiger charge is -2.17. The van der Waals surface area contributed by atoms with E-state index in [4.69, 9.17) is 11.1 Å². The molecule has 1 aromatic carbocycles. The van der Waals surface area contributed by atoms with Gasteiger partial charge in [-0.1, -0.05) is 12.1 Å². The van der Waals surface area contributed by atoms with E-state index in [0.29, 0.717) is 11.3 Å². The predicted molar refractivity (Wildman–Crippen MR) is 60.7 cm³/mol. The van der Waals surface area contributed by atoms with Crippen molar-refractivity contribution in [1.82, 2.24) is 0 Å². The molecule has 0 fully saturated rings. The summed E-state index contributed by atoms with van der Waals surface area (Å²) in [5.41, 5.74) is 6.30. The highest BCUT2D eigenvalue weighted by atomic mass is 32.2. The highest BCUT2D eigenvalue weighted by Crippen LogP contribution is 2.16. The van der Waals surface area contributed by atoms with Crippen molar-refractivity contribution in [2.45, 2.75) is 0 Å². The van der Waals surface area contributed by atoms with Gasteiger partial charge in [0.25, 0.3) is 0 Å². The van der Waals surface area contributed by atoms with E-state index < -0.39 is 10.0 Å². The first-order valence-electron chi connectivity index (χ1n) is 4.21. The van der Waals surface area contributed by atoms with Crippen molar-refractivity contribution in [2.24, 2.45) is 5.73 Å². The molecule has 0 aliphatic carbocycles. The first kappa shape index (κ1) is 11.5. The molecule has 5 nitrogen and oxygen atoms in total. The average molecular weight is 227 g/mol. The zero-order chi connectivity index (χ0) is 11.6. The third-order valence-corrected chi connectivity index (χ3v) is 3.22. The molecule has 82 valence electrons. The molecule has 6 heteroatoms. The lowest BCUT2D eigenvalue weighted by molar-refractivity contribution is 0.600. The molecule has 15 heavy (non-hydrogen) atoms. The van der Waals surface area contributed by atoms with E-state index in [1.54, 1.807) is 24.3 Å². The van der Waals surface area contributed by atoms with Crippen molar-refractivity contribution in [1.29, 1.82) is 5.41 Å². The molecule has 0 unspecified atom stereocenters. The summed E-state index contributed by atoms with van der Waals surface area (Å²) in [5, 5.41) is 7.24. The van der Waals surface area contributed by atoms with Gasteiger partial charge in [-0.25, -0.2) is 8.42 Å². The highest BCUT2D eigenvalue weighted by Gasteiger charge is 2.12. The molecular weight excluding hydrogens is 214 g/mol. The van der Waals surface area contributed by atoms with Gasteiger partial charge in [0.15, 0.2) is 0 Å². The maximum absolute atomic E-state index is 11.3. The van der Waals surface area contributed by atoms with E-state index in [1.807, 2.05) is 0 Å². The van der Waals surface area contributed by atoms with Crippen LogP contribution in [-0.4, -0.2) is 27.6 Å². The zero-order valence-electron chi connectivity index (χ0n) is 8.56. The molecule has 1 aromatic rings. The Morgan fingerprint density at radius 3 is 2.53 bits per heavy atom. The van der Waals surface area contributed by atoms with Gasteiger partial charge in [-0.05, 0) is 12.1 Å². The molecule has 0 aromatic heterocycles. The number of benzene rings is 1. The van der Waals surface area contributed by atoms with E-state index in [2.05, 4.69) is 0 Å². The predicted octanol–water partition coefficient (Wildman–Crippen LogP) is 0.366. The summed E-state index contributed by atoms with van der Waals surface area (Å²) >= 11 is 0. The number of nitrogens with one attached hydrogen (secondary N) is 1. The van der Waals surface area contributed by atoms with Gasteiger partial charge in [0.05, 0.1) is 11.9 Å². The van der Waals surface area contributed by atoms with Crippen molar-refractivity contribution in [3.63, 3.8) is 0 Å². The van der Waals surface area contributed by atoms with Crippen LogP contribution in [0, 0.1) is 5.41 Å². The molecular formula is C9H13N3O2S. The largest absolute Gasteiger partial charge is 0.384 e. The minimum atomic E-state index is -3.28. The molecule has 0 heterocycles. The minimum Gasteiger partial charge on any atom is -0.384 e. The number of amidine groups is 1. The lowest BCUT2D eigenvalue weighted by Crippen LogP contribution is -2.25. The van der Waals surface area contributed by atoms with E-state index in [1.165, 1.54) is 7.05 Å². The van der Waals surface area contributed by atoms with Crippen LogP contribution < -0.4 is 10.0 Å². The van der Waals surface area contributed by atoms with E-state index in [0.717, 1.165) is 10.6 Å². The molecule has 0 amide bonds. The monoisotopic (exact) mass is 227 g/mol. The van der Waals surface area contributed by atoms with Gasteiger partial charge in [-0.2, -0.15) is 0 Å². The van der Waals surface area contributed by atoms with Crippen molar-refractivity contribution in [2.75, 3.05) is 17.6 Å². The summed E-state index contributed by atoms with van der Waals surface area (Å²) < 4.78 is 23.6. The van der Waals surface area contributed by atoms with Gasteiger partial charge in [0.2, 0.25) is 10.0 Å². The maximum atomic E-state index is 11.3. The number of nitrogens with two attached hydrogens (primary N) is 1. The van der Waals surface area contributed by atoms with Gasteiger partial charge in [-0.3, -0.25) is 9.71 Å². The normalized spacial score (nSPS) is 11.1. The Morgan fingerprint density at radius 1 is 1.47 bits per heavy atom. The van der Waals surface area contributed by atoms with Crippen LogP contribution >= 0.6 is 0 Å². The SMILES string of the molecule is CN(c1cccc(C(=N)N)c1)S(C)(=O)=O. The van der Waals surface area contributed by atoms with Gasteiger partial charge in [0, 0.05) is 12.6 Å². The smallest absolute Gasteiger partial charge is 0.231 e. The Labute approximate surface area is 89.1 Å². The fraction of sp³-hybridized carbons (Fsp3) is 0.222. The first-order valence-corrected chi connectivity index (χ1v) is 6.05. The van der Waals surface area contributed by atoms with Gasteiger partial charge < -0.3 is 5.73 Å². The Morgan fingerprint density at radius 2 is 2.07 bits per heavy atom. The molecule has 0 saturated heterocycles. The van der Waals surface area contributed by atoms with Crippen LogP contribution in [0.5, 0.6) is 0 Å². The number of anilines is 1. The molecule has 3 N–H and O–H groups in total. The third kappa shape index (κ3) is 2.69. The second-order valence-corrected chi connectivity index (χ2v) is 5.21. The summed E-state index contributed by atoms with van der Waals surface area (Å²) in [7, 11) is -1.82. The molecule has 0 atom stereocenters. The number of nitrogens with zero attached hydrogens (tertiary/aromatic N) is 1. The van der Waals surface area contributed by atoms with Crippen LogP contribution in [0.2, 0.25) is 0 Å². The lowest BCUT2D eigenvalue weighted by atomic mass is 10.2. The summed E-state index contributed by atoms with van der Waals surface area (Å²) in [6, 6.07) is 6.52. The van der Waals surface area contributed by atoms with Gasteiger partial charge in [0.1, 0.15) is 5.84 Å². The quantitative estimate of drug-likeness (QED) is 0.577. The van der Waals surface area contributed by atoms with Crippen LogP contribution in [0.25, 0.3) is 0 Å². The molecule has 0 aliphatic heterocycles. The third-order valence-electron chi connectivity index (χ3n) is 2.02. The standard InChI is InChI=1S/C9H13N3O2S/c1-12(15(2,13)14)8-5-3-4-7(6-8)9(10)11/h3-6H,1-2H3,(H3,10,11). The second-order valence-electron chi connectivity index (χ2n) is 3.19. The Bertz CT molecular complexity index is 482. The Kier molecular flexibility index (Phi) is 2.99. The van der Waals surface area contributed by atoms with Crippen LogP contribution in [-0.2, 0) is 10.0 Å². The van der Waals surface area contributed by atoms with E-state index in [-0.39, 0.29) is 5.84 Å². The molecule has 1 rings (SSSR count). The number of nitrogen functional groups attached to an aromatic ring is 1. The maximum Gasteiger partial charge on any atom is 0.231 e. The number of hydrogen-bond acceptors (Lipinski definition) is 3. The summed E-state index contributed by atoms with van der Waals surface area (Å²) in [5.74, 6) is -0.0845. The van der Waals surface area contributed by atoms with Gasteiger partial charge >= 0.3 is 0 Å². The molecule has 0 saturated carbocycles. The second kappa shape index (κ2) is 3.90. The van der Waals surface area contributed by atoms with E-state index in [9.17, 15) is 8.42 Å². The van der Waals surface area contributed by atoms with Crippen molar-refractivity contribution >= 4 is 21.5 Å². The zero-order valence-corrected chi connectivity index (χ0v) is 9.38. The average Bonchev–Trinajstić information content (AvgIpc) is 2.15. The highest BCUT2D eigenvalue weighted by molar-refractivity contribution is 7.92. The fourth-order valence-electron chi connectivity index (χ4n) is 1.06. The van der Waals surface area contributed by atoms with Gasteiger partial charge in [-0.15, -0.1) is 0 Å². The fourth-order valence-corrected chi connectivity index (χ4v) is 1.56. The molecule has 0 aliphatic rings. The van der Waals surface area contributed by atoms with Crippen LogP contribution in [0.3, 0.4) is 0 Å². The van der Waals surface area contributed by atoms with Crippen molar-refractivity contribution in [3.05, 3.63) is 29.8 Å². The summed E-state index contributed by atoms with van der Waals surface area (Å²) in [6.07, 6.45) is 1.12. The van der Waals surface area contributed by atoms with E-state index >= 15 is 0 Å². The first-order chi connectivity index (χ1) is 6.82. The number of rotatable bonds is 3. The van der Waals surface area contributed by atoms with Crippen LogP contribution in [0.1, 0.15) is 5.56 Å². The molecule has 0 bridgehead atoms. The Hall–Kier alpha value is -1.56. The van der Waals surface area contributed by atoms with Crippen LogP contribution in [0.4, 0.5) is 5.69 Å². The van der Waals surface area contributed by atoms with Crippen LogP contribution in [0.15, 0.2) is 24.3 Å². The number of sulfonamides is 1. The topological polar surface area (TPSA) is 87.2 Å². The molecule has 0 radical (unpaired) electrons. The summed E-state index contributed by atoms with van der Waals surface area (Å²) in [4.78, 5) is 0. The van der Waals surface area contributed by atoms with Crippen molar-refractivity contribution < 1.29 is 8.42 Å². The Balaban J connectivity index is 3.17. The number of hydrogen-bond donors (Lipinski definition) is 2. The summed E-state index contributed by atoms with van der Waals surface area (Å²) in [6.45, 7) is 0. The minimum absolute atomic E-state index is 0.0845.